The number of likely N-dealkylation sites (tertiary alicyclic amines) is 1. The molecular weight excluding hydrogens is 354 g/mol. The topological polar surface area (TPSA) is 54.9 Å². The lowest BCUT2D eigenvalue weighted by atomic mass is 9.95. The molecule has 3 heterocycles. The van der Waals surface area contributed by atoms with E-state index in [0.29, 0.717) is 24.0 Å². The van der Waals surface area contributed by atoms with Crippen LogP contribution in [0.1, 0.15) is 32.1 Å². The van der Waals surface area contributed by atoms with Crippen molar-refractivity contribution in [3.63, 3.8) is 0 Å². The predicted molar refractivity (Wildman–Crippen MR) is 110 cm³/mol. The molecular formula is C22H29N3O3. The molecule has 2 aliphatic heterocycles. The zero-order chi connectivity index (χ0) is 19.5. The molecule has 0 bridgehead atoms. The van der Waals surface area contributed by atoms with Gasteiger partial charge in [-0.2, -0.15) is 0 Å². The van der Waals surface area contributed by atoms with Gasteiger partial charge in [-0.15, -0.1) is 0 Å². The number of methoxy groups -OCH3 is 2. The number of hydrogen-bond donors (Lipinski definition) is 0. The van der Waals surface area contributed by atoms with Crippen molar-refractivity contribution in [2.75, 3.05) is 45.3 Å². The number of benzene rings is 1. The molecule has 0 spiro atoms. The average Bonchev–Trinajstić information content (AvgIpc) is 2.74. The molecule has 1 atom stereocenters. The molecule has 0 radical (unpaired) electrons. The van der Waals surface area contributed by atoms with Crippen LogP contribution in [0.4, 0.5) is 5.69 Å². The first-order valence-corrected chi connectivity index (χ1v) is 10.2. The lowest BCUT2D eigenvalue weighted by Gasteiger charge is -2.38. The van der Waals surface area contributed by atoms with Crippen LogP contribution in [0, 0.1) is 5.92 Å². The van der Waals surface area contributed by atoms with E-state index in [-0.39, 0.29) is 0 Å². The molecule has 1 aromatic carbocycles. The summed E-state index contributed by atoms with van der Waals surface area (Å²) < 4.78 is 10.9. The third-order valence-corrected chi connectivity index (χ3v) is 5.98. The summed E-state index contributed by atoms with van der Waals surface area (Å²) in [6.07, 6.45) is 7.08. The molecule has 1 amide bonds. The SMILES string of the molecule is COc1cc2nccc(N3CCC[C@@H](CN4CCCCC4=O)C3)c2cc1OC. The van der Waals surface area contributed by atoms with E-state index in [1.165, 1.54) is 12.1 Å². The number of rotatable bonds is 5. The molecule has 2 saturated heterocycles. The van der Waals surface area contributed by atoms with E-state index in [1.807, 2.05) is 18.3 Å². The second kappa shape index (κ2) is 8.25. The van der Waals surface area contributed by atoms with Crippen LogP contribution in [0.3, 0.4) is 0 Å². The number of ether oxygens (including phenoxy) is 2. The van der Waals surface area contributed by atoms with Crippen LogP contribution in [0.15, 0.2) is 24.4 Å². The Bertz CT molecular complexity index is 854. The Morgan fingerprint density at radius 3 is 2.71 bits per heavy atom. The van der Waals surface area contributed by atoms with Gasteiger partial charge in [-0.1, -0.05) is 0 Å². The summed E-state index contributed by atoms with van der Waals surface area (Å²) in [5.74, 6) is 2.25. The third kappa shape index (κ3) is 3.73. The van der Waals surface area contributed by atoms with Gasteiger partial charge in [-0.3, -0.25) is 9.78 Å². The Labute approximate surface area is 166 Å². The highest BCUT2D eigenvalue weighted by molar-refractivity contribution is 5.94. The zero-order valence-corrected chi connectivity index (χ0v) is 16.8. The summed E-state index contributed by atoms with van der Waals surface area (Å²) in [4.78, 5) is 21.3. The van der Waals surface area contributed by atoms with E-state index in [1.54, 1.807) is 14.2 Å². The molecule has 2 fully saturated rings. The Morgan fingerprint density at radius 2 is 1.93 bits per heavy atom. The van der Waals surface area contributed by atoms with Crippen molar-refractivity contribution in [2.45, 2.75) is 32.1 Å². The molecule has 0 unspecified atom stereocenters. The summed E-state index contributed by atoms with van der Waals surface area (Å²) >= 11 is 0. The summed E-state index contributed by atoms with van der Waals surface area (Å²) in [7, 11) is 3.30. The standard InChI is InChI=1S/C22H29N3O3/c1-27-20-12-17-18(13-21(20)28-2)23-9-8-19(17)24-11-5-6-16(14-24)15-25-10-4-3-7-22(25)26/h8-9,12-13,16H,3-7,10-11,14-15H2,1-2H3/t16-/m1/s1. The van der Waals surface area contributed by atoms with Crippen LogP contribution in [-0.4, -0.2) is 56.2 Å². The van der Waals surface area contributed by atoms with E-state index in [4.69, 9.17) is 9.47 Å². The Morgan fingerprint density at radius 1 is 1.11 bits per heavy atom. The highest BCUT2D eigenvalue weighted by Crippen LogP contribution is 2.37. The van der Waals surface area contributed by atoms with Gasteiger partial charge in [-0.25, -0.2) is 0 Å². The maximum absolute atomic E-state index is 12.2. The number of fused-ring (bicyclic) bond motifs is 1. The van der Waals surface area contributed by atoms with Crippen LogP contribution in [0.5, 0.6) is 11.5 Å². The second-order valence-corrected chi connectivity index (χ2v) is 7.81. The molecule has 0 N–H and O–H groups in total. The number of aromatic nitrogens is 1. The van der Waals surface area contributed by atoms with E-state index in [2.05, 4.69) is 20.9 Å². The van der Waals surface area contributed by atoms with Gasteiger partial charge in [0.05, 0.1) is 19.7 Å². The van der Waals surface area contributed by atoms with Gasteiger partial charge in [-0.05, 0) is 43.7 Å². The number of carbonyl (C=O) groups excluding carboxylic acids is 1. The molecule has 4 rings (SSSR count). The van der Waals surface area contributed by atoms with E-state index < -0.39 is 0 Å². The number of anilines is 1. The van der Waals surface area contributed by atoms with Gasteiger partial charge in [0.1, 0.15) is 0 Å². The minimum Gasteiger partial charge on any atom is -0.493 e. The highest BCUT2D eigenvalue weighted by atomic mass is 16.5. The van der Waals surface area contributed by atoms with Crippen molar-refractivity contribution in [1.29, 1.82) is 0 Å². The van der Waals surface area contributed by atoms with Crippen molar-refractivity contribution in [3.8, 4) is 11.5 Å². The molecule has 28 heavy (non-hydrogen) atoms. The van der Waals surface area contributed by atoms with Crippen molar-refractivity contribution in [2.24, 2.45) is 5.92 Å². The first kappa shape index (κ1) is 18.8. The van der Waals surface area contributed by atoms with E-state index in [0.717, 1.165) is 62.1 Å². The number of piperidine rings is 2. The maximum atomic E-state index is 12.2. The smallest absolute Gasteiger partial charge is 0.222 e. The molecule has 0 saturated carbocycles. The zero-order valence-electron chi connectivity index (χ0n) is 16.8. The maximum Gasteiger partial charge on any atom is 0.222 e. The fraction of sp³-hybridized carbons (Fsp3) is 0.545. The third-order valence-electron chi connectivity index (χ3n) is 5.98. The highest BCUT2D eigenvalue weighted by Gasteiger charge is 2.26. The van der Waals surface area contributed by atoms with Crippen LogP contribution in [-0.2, 0) is 4.79 Å². The van der Waals surface area contributed by atoms with Crippen LogP contribution in [0.25, 0.3) is 10.9 Å². The minimum absolute atomic E-state index is 0.328. The van der Waals surface area contributed by atoms with Crippen molar-refractivity contribution < 1.29 is 14.3 Å². The molecule has 150 valence electrons. The van der Waals surface area contributed by atoms with Gasteiger partial charge in [0.25, 0.3) is 0 Å². The fourth-order valence-corrected chi connectivity index (χ4v) is 4.53. The lowest BCUT2D eigenvalue weighted by Crippen LogP contribution is -2.44. The van der Waals surface area contributed by atoms with E-state index >= 15 is 0 Å². The van der Waals surface area contributed by atoms with Crippen LogP contribution < -0.4 is 14.4 Å². The molecule has 6 nitrogen and oxygen atoms in total. The molecule has 2 aliphatic rings. The summed E-state index contributed by atoms with van der Waals surface area (Å²) in [5, 5.41) is 1.08. The minimum atomic E-state index is 0.328. The average molecular weight is 383 g/mol. The predicted octanol–water partition coefficient (Wildman–Crippen LogP) is 3.48. The number of pyridine rings is 1. The first-order chi connectivity index (χ1) is 13.7. The van der Waals surface area contributed by atoms with Gasteiger partial charge < -0.3 is 19.3 Å². The Hall–Kier alpha value is -2.50. The van der Waals surface area contributed by atoms with Crippen molar-refractivity contribution in [3.05, 3.63) is 24.4 Å². The van der Waals surface area contributed by atoms with Gasteiger partial charge >= 0.3 is 0 Å². The first-order valence-electron chi connectivity index (χ1n) is 10.2. The quantitative estimate of drug-likeness (QED) is 0.791. The summed E-state index contributed by atoms with van der Waals surface area (Å²) in [5.41, 5.74) is 2.09. The van der Waals surface area contributed by atoms with Crippen molar-refractivity contribution >= 4 is 22.5 Å². The fourth-order valence-electron chi connectivity index (χ4n) is 4.53. The van der Waals surface area contributed by atoms with E-state index in [9.17, 15) is 4.79 Å². The Balaban J connectivity index is 1.57. The van der Waals surface area contributed by atoms with Gasteiger partial charge in [0.2, 0.25) is 5.91 Å². The number of nitrogens with zero attached hydrogens (tertiary/aromatic N) is 3. The van der Waals surface area contributed by atoms with Crippen LogP contribution >= 0.6 is 0 Å². The lowest BCUT2D eigenvalue weighted by molar-refractivity contribution is -0.133. The number of amides is 1. The monoisotopic (exact) mass is 383 g/mol. The summed E-state index contributed by atoms with van der Waals surface area (Å²) in [6.45, 7) is 3.80. The molecule has 2 aromatic rings. The Kier molecular flexibility index (Phi) is 5.55. The largest absolute Gasteiger partial charge is 0.493 e. The van der Waals surface area contributed by atoms with Crippen LogP contribution in [0.2, 0.25) is 0 Å². The van der Waals surface area contributed by atoms with Gasteiger partial charge in [0.15, 0.2) is 11.5 Å². The van der Waals surface area contributed by atoms with Crippen molar-refractivity contribution in [1.82, 2.24) is 9.88 Å². The molecule has 0 aliphatic carbocycles. The van der Waals surface area contributed by atoms with Gasteiger partial charge in [0, 0.05) is 55.9 Å². The normalized spacial score (nSPS) is 20.5. The second-order valence-electron chi connectivity index (χ2n) is 7.81. The number of hydrogen-bond acceptors (Lipinski definition) is 5. The molecule has 6 heteroatoms. The number of carbonyl (C=O) groups is 1. The summed E-state index contributed by atoms with van der Waals surface area (Å²) in [6, 6.07) is 6.04. The molecule has 1 aromatic heterocycles.